The number of hydrazone groups is 1. The van der Waals surface area contributed by atoms with Crippen LogP contribution in [0, 0.1) is 0 Å². The number of benzene rings is 2. The Hall–Kier alpha value is -2.09. The average Bonchev–Trinajstić information content (AvgIpc) is 2.60. The summed E-state index contributed by atoms with van der Waals surface area (Å²) in [7, 11) is 1.96. The van der Waals surface area contributed by atoms with Gasteiger partial charge in [0.05, 0.1) is 11.4 Å². The van der Waals surface area contributed by atoms with Crippen molar-refractivity contribution in [3.05, 3.63) is 66.2 Å². The van der Waals surface area contributed by atoms with Crippen LogP contribution in [-0.2, 0) is 0 Å². The normalized spacial score (nSPS) is 9.71. The van der Waals surface area contributed by atoms with Crippen molar-refractivity contribution >= 4 is 11.4 Å². The Morgan fingerprint density at radius 3 is 1.67 bits per heavy atom. The summed E-state index contributed by atoms with van der Waals surface area (Å²) >= 11 is 0. The van der Waals surface area contributed by atoms with Crippen LogP contribution in [0.25, 0.3) is 0 Å². The predicted molar refractivity (Wildman–Crippen MR) is 96.2 cm³/mol. The summed E-state index contributed by atoms with van der Waals surface area (Å²) in [5, 5.41) is 6.46. The van der Waals surface area contributed by atoms with Crippen molar-refractivity contribution in [3.8, 4) is 0 Å². The van der Waals surface area contributed by atoms with Crippen molar-refractivity contribution in [1.82, 2.24) is 0 Å². The Labute approximate surface area is 130 Å². The Morgan fingerprint density at radius 1 is 0.762 bits per heavy atom. The minimum Gasteiger partial charge on any atom is -0.268 e. The quantitative estimate of drug-likeness (QED) is 0.529. The fourth-order valence-electron chi connectivity index (χ4n) is 1.66. The second-order valence-corrected chi connectivity index (χ2v) is 3.91. The number of nitrogens with zero attached hydrogens (tertiary/aromatic N) is 2. The molecule has 0 aliphatic carbocycles. The van der Waals surface area contributed by atoms with Gasteiger partial charge in [0, 0.05) is 7.05 Å². The molecule has 0 aliphatic rings. The highest BCUT2D eigenvalue weighted by atomic mass is 15.4. The summed E-state index contributed by atoms with van der Waals surface area (Å²) in [4.78, 5) is 0. The van der Waals surface area contributed by atoms with Crippen LogP contribution < -0.4 is 5.01 Å². The summed E-state index contributed by atoms with van der Waals surface area (Å²) in [6.45, 7) is 10.0. The molecule has 0 radical (unpaired) electrons. The standard InChI is InChI=1S/C15H16N2.2C2H6/c1-13(14-9-5-3-6-10-14)16-17(2)15-11-7-4-8-12-15;2*1-2/h3-12H,1-2H3;2*1-2H3/b16-13-;;. The summed E-state index contributed by atoms with van der Waals surface area (Å²) in [6.07, 6.45) is 0. The summed E-state index contributed by atoms with van der Waals surface area (Å²) in [6, 6.07) is 20.3. The molecule has 0 unspecified atom stereocenters. The van der Waals surface area contributed by atoms with Crippen molar-refractivity contribution in [3.63, 3.8) is 0 Å². The number of anilines is 1. The first kappa shape index (κ1) is 18.9. The number of rotatable bonds is 3. The van der Waals surface area contributed by atoms with Crippen molar-refractivity contribution in [2.45, 2.75) is 34.6 Å². The van der Waals surface area contributed by atoms with E-state index in [1.54, 1.807) is 0 Å². The highest BCUT2D eigenvalue weighted by Crippen LogP contribution is 2.12. The van der Waals surface area contributed by atoms with E-state index >= 15 is 0 Å². The topological polar surface area (TPSA) is 15.6 Å². The maximum atomic E-state index is 4.57. The Kier molecular flexibility index (Phi) is 10.5. The van der Waals surface area contributed by atoms with E-state index in [0.717, 1.165) is 17.0 Å². The molecule has 21 heavy (non-hydrogen) atoms. The van der Waals surface area contributed by atoms with Crippen molar-refractivity contribution in [2.24, 2.45) is 5.10 Å². The van der Waals surface area contributed by atoms with Gasteiger partial charge in [0.2, 0.25) is 0 Å². The van der Waals surface area contributed by atoms with Crippen LogP contribution in [0.1, 0.15) is 40.2 Å². The number of hydrogen-bond donors (Lipinski definition) is 0. The fourth-order valence-corrected chi connectivity index (χ4v) is 1.66. The van der Waals surface area contributed by atoms with E-state index in [1.165, 1.54) is 0 Å². The maximum absolute atomic E-state index is 4.57. The van der Waals surface area contributed by atoms with Gasteiger partial charge in [-0.3, -0.25) is 5.01 Å². The molecule has 0 aromatic heterocycles. The SMILES string of the molecule is C/C(=N/N(C)c1ccccc1)c1ccccc1.CC.CC. The number of para-hydroxylation sites is 1. The first-order chi connectivity index (χ1) is 10.3. The van der Waals surface area contributed by atoms with Gasteiger partial charge in [0.15, 0.2) is 0 Å². The van der Waals surface area contributed by atoms with Crippen LogP contribution in [0.5, 0.6) is 0 Å². The second-order valence-electron chi connectivity index (χ2n) is 3.91. The van der Waals surface area contributed by atoms with E-state index in [0.29, 0.717) is 0 Å². The Balaban J connectivity index is 0.000000921. The first-order valence-electron chi connectivity index (χ1n) is 7.67. The third-order valence-electron chi connectivity index (χ3n) is 2.62. The lowest BCUT2D eigenvalue weighted by Crippen LogP contribution is -2.12. The molecule has 0 atom stereocenters. The van der Waals surface area contributed by atoms with Gasteiger partial charge in [0.1, 0.15) is 0 Å². The molecule has 2 aromatic rings. The van der Waals surface area contributed by atoms with Crippen molar-refractivity contribution < 1.29 is 0 Å². The summed E-state index contributed by atoms with van der Waals surface area (Å²) < 4.78 is 0. The molecule has 0 spiro atoms. The monoisotopic (exact) mass is 284 g/mol. The molecule has 2 rings (SSSR count). The van der Waals surface area contributed by atoms with Crippen LogP contribution in [0.2, 0.25) is 0 Å². The molecule has 0 amide bonds. The molecule has 0 heterocycles. The second kappa shape index (κ2) is 11.7. The summed E-state index contributed by atoms with van der Waals surface area (Å²) in [5.74, 6) is 0. The van der Waals surface area contributed by atoms with Crippen LogP contribution >= 0.6 is 0 Å². The van der Waals surface area contributed by atoms with Gasteiger partial charge in [-0.1, -0.05) is 76.2 Å². The Morgan fingerprint density at radius 2 is 1.19 bits per heavy atom. The number of hydrogen-bond acceptors (Lipinski definition) is 2. The van der Waals surface area contributed by atoms with E-state index in [4.69, 9.17) is 0 Å². The fraction of sp³-hybridized carbons (Fsp3) is 0.316. The average molecular weight is 284 g/mol. The van der Waals surface area contributed by atoms with Crippen LogP contribution in [-0.4, -0.2) is 12.8 Å². The lowest BCUT2D eigenvalue weighted by atomic mass is 10.1. The van der Waals surface area contributed by atoms with E-state index in [9.17, 15) is 0 Å². The molecule has 114 valence electrons. The molecule has 0 saturated heterocycles. The van der Waals surface area contributed by atoms with Crippen molar-refractivity contribution in [1.29, 1.82) is 0 Å². The lowest BCUT2D eigenvalue weighted by Gasteiger charge is -2.14. The lowest BCUT2D eigenvalue weighted by molar-refractivity contribution is 1.01. The molecule has 0 bridgehead atoms. The smallest absolute Gasteiger partial charge is 0.0650 e. The van der Waals surface area contributed by atoms with E-state index < -0.39 is 0 Å². The molecule has 0 N–H and O–H groups in total. The minimum atomic E-state index is 1.01. The van der Waals surface area contributed by atoms with Crippen LogP contribution in [0.3, 0.4) is 0 Å². The zero-order chi connectivity index (χ0) is 16.1. The molecule has 0 saturated carbocycles. The van der Waals surface area contributed by atoms with Gasteiger partial charge in [-0.15, -0.1) is 0 Å². The molecule has 2 nitrogen and oxygen atoms in total. The molecular formula is C19H28N2. The largest absolute Gasteiger partial charge is 0.268 e. The highest BCUT2D eigenvalue weighted by Gasteiger charge is 2.00. The van der Waals surface area contributed by atoms with Gasteiger partial charge in [-0.05, 0) is 24.6 Å². The van der Waals surface area contributed by atoms with Gasteiger partial charge in [-0.25, -0.2) is 0 Å². The highest BCUT2D eigenvalue weighted by molar-refractivity contribution is 5.99. The van der Waals surface area contributed by atoms with E-state index in [-0.39, 0.29) is 0 Å². The summed E-state index contributed by atoms with van der Waals surface area (Å²) in [5.41, 5.74) is 3.25. The predicted octanol–water partition coefficient (Wildman–Crippen LogP) is 5.60. The third-order valence-corrected chi connectivity index (χ3v) is 2.62. The van der Waals surface area contributed by atoms with Crippen LogP contribution in [0.15, 0.2) is 65.8 Å². The van der Waals surface area contributed by atoms with E-state index in [1.807, 2.05) is 95.2 Å². The van der Waals surface area contributed by atoms with Gasteiger partial charge >= 0.3 is 0 Å². The molecular weight excluding hydrogens is 256 g/mol. The maximum Gasteiger partial charge on any atom is 0.0650 e. The minimum absolute atomic E-state index is 1.01. The Bertz CT molecular complexity index is 489. The van der Waals surface area contributed by atoms with E-state index in [2.05, 4.69) is 17.2 Å². The third kappa shape index (κ3) is 6.75. The van der Waals surface area contributed by atoms with Gasteiger partial charge < -0.3 is 0 Å². The van der Waals surface area contributed by atoms with Crippen molar-refractivity contribution in [2.75, 3.05) is 12.1 Å². The molecule has 2 heteroatoms. The van der Waals surface area contributed by atoms with Gasteiger partial charge in [0.25, 0.3) is 0 Å². The van der Waals surface area contributed by atoms with Gasteiger partial charge in [-0.2, -0.15) is 5.10 Å². The molecule has 0 aliphatic heterocycles. The van der Waals surface area contributed by atoms with Crippen LogP contribution in [0.4, 0.5) is 5.69 Å². The first-order valence-corrected chi connectivity index (χ1v) is 7.67. The zero-order valence-electron chi connectivity index (χ0n) is 14.2. The zero-order valence-corrected chi connectivity index (χ0v) is 14.2. The molecule has 2 aromatic carbocycles. The molecule has 0 fully saturated rings.